The van der Waals surface area contributed by atoms with Gasteiger partial charge in [0.1, 0.15) is 0 Å². The maximum absolute atomic E-state index is 11.9. The van der Waals surface area contributed by atoms with Crippen LogP contribution in [0.5, 0.6) is 0 Å². The number of rotatable bonds is 4. The molecule has 1 heterocycles. The minimum Gasteiger partial charge on any atom is -0.326 e. The predicted octanol–water partition coefficient (Wildman–Crippen LogP) is 3.85. The minimum atomic E-state index is 0.133. The topological polar surface area (TPSA) is 42.0 Å². The Kier molecular flexibility index (Phi) is 3.82. The summed E-state index contributed by atoms with van der Waals surface area (Å²) >= 11 is 0. The van der Waals surface area contributed by atoms with Gasteiger partial charge in [0, 0.05) is 17.8 Å². The lowest BCUT2D eigenvalue weighted by molar-refractivity contribution is -0.117. The summed E-state index contributed by atoms with van der Waals surface area (Å²) in [5.74, 6) is 0.850. The molecule has 1 aromatic heterocycles. The van der Waals surface area contributed by atoms with E-state index >= 15 is 0 Å². The highest BCUT2D eigenvalue weighted by Crippen LogP contribution is 2.38. The highest BCUT2D eigenvalue weighted by molar-refractivity contribution is 5.94. The number of nitrogens with one attached hydrogen (secondary N) is 1. The van der Waals surface area contributed by atoms with Crippen molar-refractivity contribution in [2.45, 2.75) is 13.3 Å². The maximum atomic E-state index is 11.9. The molecule has 21 heavy (non-hydrogen) atoms. The third-order valence-corrected chi connectivity index (χ3v) is 3.73. The van der Waals surface area contributed by atoms with Gasteiger partial charge in [-0.15, -0.1) is 0 Å². The summed E-state index contributed by atoms with van der Waals surface area (Å²) < 4.78 is 0. The Bertz CT molecular complexity index is 664. The van der Waals surface area contributed by atoms with Gasteiger partial charge in [-0.25, -0.2) is 0 Å². The molecule has 1 N–H and O–H groups in total. The fraction of sp³-hybridized carbons (Fsp3) is 0.222. The van der Waals surface area contributed by atoms with Gasteiger partial charge in [0.2, 0.25) is 5.91 Å². The molecule has 2 aromatic rings. The molecule has 2 atom stereocenters. The van der Waals surface area contributed by atoms with Crippen molar-refractivity contribution in [2.75, 3.05) is 5.32 Å². The van der Waals surface area contributed by atoms with Crippen molar-refractivity contribution in [1.29, 1.82) is 0 Å². The molecule has 2 unspecified atom stereocenters. The van der Waals surface area contributed by atoms with Crippen molar-refractivity contribution >= 4 is 23.7 Å². The molecule has 106 valence electrons. The van der Waals surface area contributed by atoms with Crippen LogP contribution in [0.25, 0.3) is 12.2 Å². The Labute approximate surface area is 124 Å². The largest absolute Gasteiger partial charge is 0.326 e. The molecular weight excluding hydrogens is 260 g/mol. The van der Waals surface area contributed by atoms with Gasteiger partial charge in [-0.05, 0) is 48.2 Å². The van der Waals surface area contributed by atoms with Crippen LogP contribution in [0.3, 0.4) is 0 Å². The summed E-state index contributed by atoms with van der Waals surface area (Å²) in [5.41, 5.74) is 2.81. The van der Waals surface area contributed by atoms with Gasteiger partial charge >= 0.3 is 0 Å². The van der Waals surface area contributed by atoms with Crippen LogP contribution in [0, 0.1) is 11.8 Å². The first-order valence-electron chi connectivity index (χ1n) is 7.22. The molecule has 1 aliphatic rings. The summed E-state index contributed by atoms with van der Waals surface area (Å²) in [6.45, 7) is 2.11. The van der Waals surface area contributed by atoms with E-state index in [0.29, 0.717) is 5.92 Å². The Morgan fingerprint density at radius 1 is 1.24 bits per heavy atom. The molecule has 1 amide bonds. The highest BCUT2D eigenvalue weighted by Gasteiger charge is 2.38. The van der Waals surface area contributed by atoms with Gasteiger partial charge in [-0.1, -0.05) is 31.2 Å². The molecule has 1 saturated carbocycles. The van der Waals surface area contributed by atoms with Crippen LogP contribution >= 0.6 is 0 Å². The van der Waals surface area contributed by atoms with E-state index < -0.39 is 0 Å². The third kappa shape index (κ3) is 3.57. The van der Waals surface area contributed by atoms with Crippen molar-refractivity contribution < 1.29 is 4.79 Å². The van der Waals surface area contributed by atoms with Gasteiger partial charge < -0.3 is 5.32 Å². The quantitative estimate of drug-likeness (QED) is 0.923. The molecule has 1 fully saturated rings. The van der Waals surface area contributed by atoms with Crippen molar-refractivity contribution in [2.24, 2.45) is 11.8 Å². The van der Waals surface area contributed by atoms with Gasteiger partial charge in [-0.2, -0.15) is 0 Å². The SMILES string of the molecule is CC1CC1C(=O)Nc1cccc(/C=C/c2ccccn2)c1. The van der Waals surface area contributed by atoms with E-state index in [4.69, 9.17) is 0 Å². The number of hydrogen-bond acceptors (Lipinski definition) is 2. The highest BCUT2D eigenvalue weighted by atomic mass is 16.2. The zero-order valence-corrected chi connectivity index (χ0v) is 12.0. The molecule has 0 radical (unpaired) electrons. The zero-order valence-electron chi connectivity index (χ0n) is 12.0. The van der Waals surface area contributed by atoms with Crippen LogP contribution in [-0.4, -0.2) is 10.9 Å². The summed E-state index contributed by atoms with van der Waals surface area (Å²) in [6, 6.07) is 13.7. The van der Waals surface area contributed by atoms with Crippen molar-refractivity contribution in [3.05, 3.63) is 59.9 Å². The number of benzene rings is 1. The number of carbonyl (C=O) groups excluding carboxylic acids is 1. The molecule has 0 saturated heterocycles. The Hall–Kier alpha value is -2.42. The lowest BCUT2D eigenvalue weighted by Crippen LogP contribution is -2.14. The molecule has 1 aliphatic carbocycles. The average molecular weight is 278 g/mol. The molecular formula is C18H18N2O. The smallest absolute Gasteiger partial charge is 0.227 e. The van der Waals surface area contributed by atoms with E-state index in [1.165, 1.54) is 0 Å². The van der Waals surface area contributed by atoms with Crippen LogP contribution in [-0.2, 0) is 4.79 Å². The molecule has 3 nitrogen and oxygen atoms in total. The second-order valence-electron chi connectivity index (χ2n) is 5.52. The van der Waals surface area contributed by atoms with Gasteiger partial charge in [-0.3, -0.25) is 9.78 Å². The van der Waals surface area contributed by atoms with Gasteiger partial charge in [0.05, 0.1) is 5.69 Å². The summed E-state index contributed by atoms with van der Waals surface area (Å²) in [6.07, 6.45) is 6.74. The van der Waals surface area contributed by atoms with Crippen molar-refractivity contribution in [3.8, 4) is 0 Å². The second kappa shape index (κ2) is 5.92. The number of amides is 1. The van der Waals surface area contributed by atoms with Crippen LogP contribution in [0.4, 0.5) is 5.69 Å². The fourth-order valence-corrected chi connectivity index (χ4v) is 2.30. The van der Waals surface area contributed by atoms with E-state index in [0.717, 1.165) is 23.4 Å². The number of anilines is 1. The molecule has 1 aromatic carbocycles. The number of carbonyl (C=O) groups is 1. The molecule has 0 aliphatic heterocycles. The summed E-state index contributed by atoms with van der Waals surface area (Å²) in [5, 5.41) is 2.98. The van der Waals surface area contributed by atoms with E-state index in [9.17, 15) is 4.79 Å². The Morgan fingerprint density at radius 3 is 2.81 bits per heavy atom. The number of nitrogens with zero attached hydrogens (tertiary/aromatic N) is 1. The van der Waals surface area contributed by atoms with Crippen LogP contribution < -0.4 is 5.32 Å². The van der Waals surface area contributed by atoms with Crippen LogP contribution in [0.15, 0.2) is 48.7 Å². The van der Waals surface area contributed by atoms with Crippen LogP contribution in [0.1, 0.15) is 24.6 Å². The lowest BCUT2D eigenvalue weighted by Gasteiger charge is -2.05. The standard InChI is InChI=1S/C18H18N2O/c1-13-11-17(13)18(21)20-16-7-4-5-14(12-16)8-9-15-6-2-3-10-19-15/h2-10,12-13,17H,11H2,1H3,(H,20,21)/b9-8+. The molecule has 0 spiro atoms. The summed E-state index contributed by atoms with van der Waals surface area (Å²) in [4.78, 5) is 16.2. The zero-order chi connectivity index (χ0) is 14.7. The van der Waals surface area contributed by atoms with Gasteiger partial charge in [0.15, 0.2) is 0 Å². The number of aromatic nitrogens is 1. The Balaban J connectivity index is 1.68. The molecule has 3 heteroatoms. The predicted molar refractivity (Wildman–Crippen MR) is 85.5 cm³/mol. The third-order valence-electron chi connectivity index (χ3n) is 3.73. The minimum absolute atomic E-state index is 0.133. The molecule has 0 bridgehead atoms. The summed E-state index contributed by atoms with van der Waals surface area (Å²) in [7, 11) is 0. The monoisotopic (exact) mass is 278 g/mol. The second-order valence-corrected chi connectivity index (χ2v) is 5.52. The fourth-order valence-electron chi connectivity index (χ4n) is 2.30. The normalized spacial score (nSPS) is 20.4. The van der Waals surface area contributed by atoms with E-state index in [1.54, 1.807) is 6.20 Å². The number of hydrogen-bond donors (Lipinski definition) is 1. The lowest BCUT2D eigenvalue weighted by atomic mass is 10.1. The van der Waals surface area contributed by atoms with E-state index in [1.807, 2.05) is 54.6 Å². The van der Waals surface area contributed by atoms with Crippen molar-refractivity contribution in [3.63, 3.8) is 0 Å². The Morgan fingerprint density at radius 2 is 2.10 bits per heavy atom. The maximum Gasteiger partial charge on any atom is 0.227 e. The average Bonchev–Trinajstić information content (AvgIpc) is 3.24. The first-order valence-corrected chi connectivity index (χ1v) is 7.22. The van der Waals surface area contributed by atoms with E-state index in [2.05, 4.69) is 17.2 Å². The number of pyridine rings is 1. The van der Waals surface area contributed by atoms with Crippen molar-refractivity contribution in [1.82, 2.24) is 4.98 Å². The van der Waals surface area contributed by atoms with Gasteiger partial charge in [0.25, 0.3) is 0 Å². The first-order chi connectivity index (χ1) is 10.2. The van der Waals surface area contributed by atoms with Crippen LogP contribution in [0.2, 0.25) is 0 Å². The van der Waals surface area contributed by atoms with E-state index in [-0.39, 0.29) is 11.8 Å². The first kappa shape index (κ1) is 13.6. The molecule has 3 rings (SSSR count).